The molecule has 2 aromatic carbocycles. The van der Waals surface area contributed by atoms with E-state index in [-0.39, 0.29) is 5.88 Å². The van der Waals surface area contributed by atoms with Crippen LogP contribution in [-0.2, 0) is 4.74 Å². The number of esters is 1. The summed E-state index contributed by atoms with van der Waals surface area (Å²) in [6.07, 6.45) is -0.683. The number of para-hydroxylation sites is 2. The van der Waals surface area contributed by atoms with E-state index in [0.29, 0.717) is 22.8 Å². The maximum absolute atomic E-state index is 12.1. The number of aryl methyl sites for hydroxylation is 1. The summed E-state index contributed by atoms with van der Waals surface area (Å²) < 4.78 is 6.84. The molecule has 0 radical (unpaired) electrons. The van der Waals surface area contributed by atoms with Crippen molar-refractivity contribution in [1.29, 1.82) is 0 Å². The van der Waals surface area contributed by atoms with Crippen molar-refractivity contribution in [1.82, 2.24) is 19.7 Å². The van der Waals surface area contributed by atoms with Crippen molar-refractivity contribution in [3.8, 4) is 11.8 Å². The Bertz CT molecular complexity index is 1140. The number of nitrogens with one attached hydrogen (secondary N) is 1. The number of H-pyrrole nitrogens is 1. The summed E-state index contributed by atoms with van der Waals surface area (Å²) in [6.45, 7) is 1.77. The van der Waals surface area contributed by atoms with Crippen molar-refractivity contribution >= 4 is 17.0 Å². The van der Waals surface area contributed by atoms with Gasteiger partial charge in [0.25, 0.3) is 0 Å². The average Bonchev–Trinajstić information content (AvgIpc) is 3.29. The number of benzene rings is 2. The van der Waals surface area contributed by atoms with Gasteiger partial charge in [0, 0.05) is 5.56 Å². The Morgan fingerprint density at radius 3 is 2.77 bits per heavy atom. The first kappa shape index (κ1) is 14.7. The lowest BCUT2D eigenvalue weighted by Gasteiger charge is -2.10. The van der Waals surface area contributed by atoms with Crippen LogP contribution in [0.5, 0.6) is 5.88 Å². The zero-order valence-corrected chi connectivity index (χ0v) is 13.8. The van der Waals surface area contributed by atoms with E-state index in [0.717, 1.165) is 16.6 Å². The molecule has 0 spiro atoms. The molecule has 26 heavy (non-hydrogen) atoms. The van der Waals surface area contributed by atoms with Crippen LogP contribution >= 0.6 is 0 Å². The fourth-order valence-electron chi connectivity index (χ4n) is 3.38. The van der Waals surface area contributed by atoms with Gasteiger partial charge in [-0.3, -0.25) is 0 Å². The first-order valence-electron chi connectivity index (χ1n) is 8.17. The maximum Gasteiger partial charge on any atom is 0.339 e. The molecule has 0 aliphatic carbocycles. The monoisotopic (exact) mass is 346 g/mol. The highest BCUT2D eigenvalue weighted by molar-refractivity contribution is 5.94. The van der Waals surface area contributed by atoms with Crippen LogP contribution in [0.3, 0.4) is 0 Å². The quantitative estimate of drug-likeness (QED) is 0.544. The molecule has 7 heteroatoms. The fraction of sp³-hybridized carbons (Fsp3) is 0.105. The van der Waals surface area contributed by atoms with Crippen molar-refractivity contribution in [2.75, 3.05) is 0 Å². The second kappa shape index (κ2) is 5.19. The minimum absolute atomic E-state index is 0.101. The first-order valence-corrected chi connectivity index (χ1v) is 8.17. The summed E-state index contributed by atoms with van der Waals surface area (Å²) >= 11 is 0. The zero-order chi connectivity index (χ0) is 17.8. The van der Waals surface area contributed by atoms with Gasteiger partial charge in [-0.1, -0.05) is 30.3 Å². The molecule has 2 N–H and O–H groups in total. The van der Waals surface area contributed by atoms with Gasteiger partial charge in [0.1, 0.15) is 0 Å². The molecule has 0 saturated heterocycles. The molecule has 0 amide bonds. The maximum atomic E-state index is 12.1. The van der Waals surface area contributed by atoms with Gasteiger partial charge in [0.2, 0.25) is 11.8 Å². The van der Waals surface area contributed by atoms with Gasteiger partial charge in [-0.2, -0.15) is 9.78 Å². The number of rotatable bonds is 2. The van der Waals surface area contributed by atoms with Gasteiger partial charge in [-0.25, -0.2) is 9.78 Å². The Hall–Kier alpha value is -3.61. The molecule has 1 aliphatic heterocycles. The molecule has 1 unspecified atom stereocenters. The van der Waals surface area contributed by atoms with E-state index >= 15 is 0 Å². The molecule has 5 rings (SSSR count). The van der Waals surface area contributed by atoms with Crippen molar-refractivity contribution in [3.63, 3.8) is 0 Å². The van der Waals surface area contributed by atoms with E-state index in [1.54, 1.807) is 19.1 Å². The van der Waals surface area contributed by atoms with Gasteiger partial charge < -0.3 is 14.8 Å². The molecule has 0 fully saturated rings. The molecule has 2 aromatic heterocycles. The van der Waals surface area contributed by atoms with Crippen LogP contribution in [-0.4, -0.2) is 30.8 Å². The highest BCUT2D eigenvalue weighted by atomic mass is 16.5. The van der Waals surface area contributed by atoms with Crippen molar-refractivity contribution < 1.29 is 14.6 Å². The Morgan fingerprint density at radius 2 is 1.92 bits per heavy atom. The van der Waals surface area contributed by atoms with Gasteiger partial charge in [-0.15, -0.1) is 0 Å². The van der Waals surface area contributed by atoms with E-state index in [1.165, 1.54) is 4.68 Å². The van der Waals surface area contributed by atoms with Crippen LogP contribution in [0.4, 0.5) is 0 Å². The molecule has 128 valence electrons. The number of aromatic amines is 1. The van der Waals surface area contributed by atoms with Gasteiger partial charge in [-0.05, 0) is 25.1 Å². The van der Waals surface area contributed by atoms with Gasteiger partial charge in [0.15, 0.2) is 6.10 Å². The summed E-state index contributed by atoms with van der Waals surface area (Å²) in [7, 11) is 0. The molecular formula is C19H14N4O3. The molecule has 0 bridgehead atoms. The number of imidazole rings is 1. The summed E-state index contributed by atoms with van der Waals surface area (Å²) in [5.74, 6) is -0.104. The van der Waals surface area contributed by atoms with Crippen LogP contribution in [0.2, 0.25) is 0 Å². The van der Waals surface area contributed by atoms with Crippen LogP contribution in [0.25, 0.3) is 17.0 Å². The number of aromatic hydroxyl groups is 1. The van der Waals surface area contributed by atoms with E-state index < -0.39 is 12.1 Å². The number of cyclic esters (lactones) is 1. The Labute approximate surface area is 147 Å². The third-order valence-corrected chi connectivity index (χ3v) is 4.61. The number of ether oxygens (including phenoxy) is 1. The second-order valence-electron chi connectivity index (χ2n) is 6.18. The summed E-state index contributed by atoms with van der Waals surface area (Å²) in [5.41, 5.74) is 3.87. The smallest absolute Gasteiger partial charge is 0.339 e. The largest absolute Gasteiger partial charge is 0.493 e. The Kier molecular flexibility index (Phi) is 2.94. The number of carbonyl (C=O) groups excluding carboxylic acids is 1. The van der Waals surface area contributed by atoms with Crippen LogP contribution in [0.15, 0.2) is 48.5 Å². The standard InChI is InChI=1S/C19H14N4O3/c1-10-15(16-11-6-2-3-7-12(11)18(25)26-16)17(24)23(22-10)19-20-13-8-4-5-9-14(13)21-19/h2-9,16,24H,1H3,(H,20,21). The SMILES string of the molecule is Cc1nn(-c2nc3ccccc3[nH]2)c(O)c1C1OC(=O)c2ccccc21. The Morgan fingerprint density at radius 1 is 1.15 bits per heavy atom. The number of fused-ring (bicyclic) bond motifs is 2. The number of hydrogen-bond donors (Lipinski definition) is 2. The molecule has 7 nitrogen and oxygen atoms in total. The van der Waals surface area contributed by atoms with E-state index in [2.05, 4.69) is 15.1 Å². The molecule has 1 atom stereocenters. The lowest BCUT2D eigenvalue weighted by molar-refractivity contribution is 0.0452. The molecule has 1 aliphatic rings. The van der Waals surface area contributed by atoms with E-state index in [9.17, 15) is 9.90 Å². The second-order valence-corrected chi connectivity index (χ2v) is 6.18. The van der Waals surface area contributed by atoms with Crippen LogP contribution in [0, 0.1) is 6.92 Å². The third kappa shape index (κ3) is 1.97. The van der Waals surface area contributed by atoms with Crippen molar-refractivity contribution in [2.45, 2.75) is 13.0 Å². The third-order valence-electron chi connectivity index (χ3n) is 4.61. The van der Waals surface area contributed by atoms with E-state index in [1.807, 2.05) is 36.4 Å². The van der Waals surface area contributed by atoms with Gasteiger partial charge >= 0.3 is 5.97 Å². The normalized spacial score (nSPS) is 16.0. The predicted octanol–water partition coefficient (Wildman–Crippen LogP) is 3.02. The molecule has 4 aromatic rings. The molecule has 0 saturated carbocycles. The summed E-state index contributed by atoms with van der Waals surface area (Å²) in [4.78, 5) is 19.7. The highest BCUT2D eigenvalue weighted by Crippen LogP contribution is 2.41. The number of nitrogens with zero attached hydrogens (tertiary/aromatic N) is 3. The lowest BCUT2D eigenvalue weighted by atomic mass is 9.99. The number of carbonyl (C=O) groups is 1. The molecule has 3 heterocycles. The molecular weight excluding hydrogens is 332 g/mol. The average molecular weight is 346 g/mol. The topological polar surface area (TPSA) is 93.0 Å². The fourth-order valence-corrected chi connectivity index (χ4v) is 3.38. The van der Waals surface area contributed by atoms with Crippen molar-refractivity contribution in [3.05, 3.63) is 70.9 Å². The zero-order valence-electron chi connectivity index (χ0n) is 13.8. The minimum atomic E-state index is -0.683. The van der Waals surface area contributed by atoms with Gasteiger partial charge in [0.05, 0.1) is 27.9 Å². The highest BCUT2D eigenvalue weighted by Gasteiger charge is 2.36. The van der Waals surface area contributed by atoms with Crippen LogP contribution < -0.4 is 0 Å². The van der Waals surface area contributed by atoms with Crippen molar-refractivity contribution in [2.24, 2.45) is 0 Å². The first-order chi connectivity index (χ1) is 12.6. The Balaban J connectivity index is 1.65. The summed E-state index contributed by atoms with van der Waals surface area (Å²) in [5, 5.41) is 15.2. The minimum Gasteiger partial charge on any atom is -0.493 e. The summed E-state index contributed by atoms with van der Waals surface area (Å²) in [6, 6.07) is 14.7. The van der Waals surface area contributed by atoms with Crippen LogP contribution in [0.1, 0.15) is 33.3 Å². The number of hydrogen-bond acceptors (Lipinski definition) is 5. The number of aromatic nitrogens is 4. The predicted molar refractivity (Wildman–Crippen MR) is 93.3 cm³/mol. The van der Waals surface area contributed by atoms with E-state index in [4.69, 9.17) is 4.74 Å². The lowest BCUT2D eigenvalue weighted by Crippen LogP contribution is -2.02.